The fraction of sp³-hybridized carbons (Fsp3) is 0.389. The van der Waals surface area contributed by atoms with E-state index < -0.39 is 15.8 Å². The largest absolute Gasteiger partial charge is 0.312 e. The Morgan fingerprint density at radius 1 is 1.19 bits per heavy atom. The van der Waals surface area contributed by atoms with Crippen molar-refractivity contribution in [3.8, 4) is 0 Å². The molecule has 2 aliphatic rings. The lowest BCUT2D eigenvalue weighted by Gasteiger charge is -2.42. The van der Waals surface area contributed by atoms with Crippen molar-refractivity contribution in [1.82, 2.24) is 8.87 Å². The first-order valence-corrected chi connectivity index (χ1v) is 10.2. The van der Waals surface area contributed by atoms with Crippen LogP contribution in [0.15, 0.2) is 40.0 Å². The van der Waals surface area contributed by atoms with E-state index in [0.717, 1.165) is 18.2 Å². The molecule has 4 rings (SSSR count). The molecule has 138 valence electrons. The number of rotatable bonds is 2. The fourth-order valence-corrected chi connectivity index (χ4v) is 6.15. The molecule has 3 heterocycles. The molecule has 8 heteroatoms. The number of benzene rings is 1. The van der Waals surface area contributed by atoms with E-state index in [1.165, 1.54) is 23.4 Å². The van der Waals surface area contributed by atoms with Gasteiger partial charge < -0.3 is 4.57 Å². The van der Waals surface area contributed by atoms with Gasteiger partial charge in [0.25, 0.3) is 5.56 Å². The lowest BCUT2D eigenvalue weighted by atomic mass is 9.84. The lowest BCUT2D eigenvalue weighted by Crippen LogP contribution is -2.49. The molecule has 1 saturated heterocycles. The number of halogens is 2. The lowest BCUT2D eigenvalue weighted by molar-refractivity contribution is 0.186. The molecule has 1 aromatic heterocycles. The van der Waals surface area contributed by atoms with Gasteiger partial charge in [0, 0.05) is 37.3 Å². The third-order valence-electron chi connectivity index (χ3n) is 5.28. The van der Waals surface area contributed by atoms with Gasteiger partial charge in [0.05, 0.1) is 5.02 Å². The normalized spacial score (nSPS) is 22.9. The third kappa shape index (κ3) is 2.78. The molecule has 0 saturated carbocycles. The molecule has 2 atom stereocenters. The van der Waals surface area contributed by atoms with E-state index in [2.05, 4.69) is 0 Å². The first-order valence-electron chi connectivity index (χ1n) is 8.43. The Hall–Kier alpha value is -1.70. The summed E-state index contributed by atoms with van der Waals surface area (Å²) in [6.07, 6.45) is 0.853. The second-order valence-electron chi connectivity index (χ2n) is 7.05. The maximum Gasteiger partial charge on any atom is 0.250 e. The number of piperidine rings is 1. The fourth-order valence-electron chi connectivity index (χ4n) is 4.02. The van der Waals surface area contributed by atoms with Crippen molar-refractivity contribution in [3.05, 3.63) is 62.8 Å². The second-order valence-corrected chi connectivity index (χ2v) is 9.37. The van der Waals surface area contributed by atoms with Crippen molar-refractivity contribution in [2.75, 3.05) is 13.1 Å². The van der Waals surface area contributed by atoms with Crippen LogP contribution in [0.4, 0.5) is 4.39 Å². The highest BCUT2D eigenvalue weighted by Gasteiger charge is 2.40. The monoisotopic (exact) mass is 396 g/mol. The molecule has 2 bridgehead atoms. The van der Waals surface area contributed by atoms with Gasteiger partial charge in [-0.25, -0.2) is 12.8 Å². The molecule has 0 unspecified atom stereocenters. The Morgan fingerprint density at radius 2 is 1.96 bits per heavy atom. The van der Waals surface area contributed by atoms with Crippen LogP contribution in [0.3, 0.4) is 0 Å². The number of pyridine rings is 1. The van der Waals surface area contributed by atoms with Gasteiger partial charge in [0.15, 0.2) is 0 Å². The highest BCUT2D eigenvalue weighted by molar-refractivity contribution is 7.89. The summed E-state index contributed by atoms with van der Waals surface area (Å²) in [6, 6.07) is 7.45. The maximum atomic E-state index is 13.7. The summed E-state index contributed by atoms with van der Waals surface area (Å²) < 4.78 is 43.1. The summed E-state index contributed by atoms with van der Waals surface area (Å²) in [7, 11) is -3.84. The molecule has 2 aromatic rings. The number of sulfonamides is 1. The van der Waals surface area contributed by atoms with Gasteiger partial charge in [-0.2, -0.15) is 4.31 Å². The van der Waals surface area contributed by atoms with Crippen LogP contribution in [0.5, 0.6) is 0 Å². The molecule has 0 spiro atoms. The van der Waals surface area contributed by atoms with Crippen molar-refractivity contribution >= 4 is 21.6 Å². The minimum absolute atomic E-state index is 0.0357. The zero-order valence-corrected chi connectivity index (χ0v) is 15.7. The topological polar surface area (TPSA) is 59.4 Å². The van der Waals surface area contributed by atoms with Crippen LogP contribution in [0.25, 0.3) is 0 Å². The van der Waals surface area contributed by atoms with Crippen molar-refractivity contribution in [2.24, 2.45) is 5.92 Å². The van der Waals surface area contributed by atoms with Gasteiger partial charge >= 0.3 is 0 Å². The number of aromatic nitrogens is 1. The molecule has 0 amide bonds. The van der Waals surface area contributed by atoms with Gasteiger partial charge in [-0.15, -0.1) is 0 Å². The van der Waals surface area contributed by atoms with E-state index >= 15 is 0 Å². The van der Waals surface area contributed by atoms with E-state index in [4.69, 9.17) is 11.6 Å². The van der Waals surface area contributed by atoms with E-state index in [9.17, 15) is 17.6 Å². The Bertz CT molecular complexity index is 1050. The van der Waals surface area contributed by atoms with E-state index in [1.807, 2.05) is 6.07 Å². The van der Waals surface area contributed by atoms with Crippen LogP contribution in [0, 0.1) is 18.7 Å². The van der Waals surface area contributed by atoms with Crippen LogP contribution >= 0.6 is 11.6 Å². The van der Waals surface area contributed by atoms with E-state index in [1.54, 1.807) is 10.6 Å². The second kappa shape index (κ2) is 6.18. The van der Waals surface area contributed by atoms with Crippen LogP contribution in [-0.2, 0) is 16.6 Å². The van der Waals surface area contributed by atoms with E-state index in [-0.39, 0.29) is 39.4 Å². The average molecular weight is 397 g/mol. The van der Waals surface area contributed by atoms with Crippen molar-refractivity contribution < 1.29 is 12.8 Å². The molecule has 2 aliphatic heterocycles. The number of hydrogen-bond donors (Lipinski definition) is 0. The van der Waals surface area contributed by atoms with Crippen molar-refractivity contribution in [3.63, 3.8) is 0 Å². The minimum Gasteiger partial charge on any atom is -0.312 e. The summed E-state index contributed by atoms with van der Waals surface area (Å²) >= 11 is 6.04. The molecule has 26 heavy (non-hydrogen) atoms. The third-order valence-corrected chi connectivity index (χ3v) is 7.57. The number of nitrogens with zero attached hydrogens (tertiary/aromatic N) is 2. The first-order chi connectivity index (χ1) is 12.3. The number of aryl methyl sites for hydroxylation is 1. The average Bonchev–Trinajstić information content (AvgIpc) is 2.59. The van der Waals surface area contributed by atoms with Crippen LogP contribution < -0.4 is 5.56 Å². The molecule has 0 radical (unpaired) electrons. The molecular weight excluding hydrogens is 379 g/mol. The molecule has 5 nitrogen and oxygen atoms in total. The van der Waals surface area contributed by atoms with E-state index in [0.29, 0.717) is 13.1 Å². The quantitative estimate of drug-likeness (QED) is 0.784. The van der Waals surface area contributed by atoms with Gasteiger partial charge in [0.2, 0.25) is 10.0 Å². The summed E-state index contributed by atoms with van der Waals surface area (Å²) in [5.41, 5.74) is 1.06. The SMILES string of the molecule is Cc1cc(S(=O)(=O)N2C[C@@H]3C[C@H](C2)c2cccc(=O)n2C3)c(Cl)cc1F. The summed E-state index contributed by atoms with van der Waals surface area (Å²) in [6.45, 7) is 2.63. The maximum absolute atomic E-state index is 13.7. The Labute approximate surface area is 156 Å². The van der Waals surface area contributed by atoms with Gasteiger partial charge in [-0.1, -0.05) is 17.7 Å². The molecule has 1 fully saturated rings. The van der Waals surface area contributed by atoms with Crippen LogP contribution in [-0.4, -0.2) is 30.4 Å². The number of hydrogen-bond acceptors (Lipinski definition) is 3. The first kappa shape index (κ1) is 17.7. The molecule has 0 aliphatic carbocycles. The minimum atomic E-state index is -3.84. The van der Waals surface area contributed by atoms with Gasteiger partial charge in [-0.05, 0) is 43.0 Å². The zero-order valence-electron chi connectivity index (χ0n) is 14.2. The standard InChI is InChI=1S/C18H18ClFN2O3S/c1-11-5-17(14(19)7-15(11)20)26(24,25)21-8-12-6-13(10-21)16-3-2-4-18(23)22(16)9-12/h2-5,7,12-13H,6,8-10H2,1H3/t12-,13+/m0/s1. The highest BCUT2D eigenvalue weighted by atomic mass is 35.5. The van der Waals surface area contributed by atoms with Gasteiger partial charge in [0.1, 0.15) is 10.7 Å². The molecular formula is C18H18ClFN2O3S. The Morgan fingerprint density at radius 3 is 2.73 bits per heavy atom. The van der Waals surface area contributed by atoms with Crippen LogP contribution in [0.2, 0.25) is 5.02 Å². The van der Waals surface area contributed by atoms with Crippen molar-refractivity contribution in [2.45, 2.75) is 30.7 Å². The highest BCUT2D eigenvalue weighted by Crippen LogP contribution is 2.38. The predicted molar refractivity (Wildman–Crippen MR) is 96.5 cm³/mol. The zero-order chi connectivity index (χ0) is 18.6. The van der Waals surface area contributed by atoms with Crippen molar-refractivity contribution in [1.29, 1.82) is 0 Å². The predicted octanol–water partition coefficient (Wildman–Crippen LogP) is 2.76. The smallest absolute Gasteiger partial charge is 0.250 e. The van der Waals surface area contributed by atoms with Crippen LogP contribution in [0.1, 0.15) is 23.6 Å². The Kier molecular flexibility index (Phi) is 4.21. The Balaban J connectivity index is 1.73. The summed E-state index contributed by atoms with van der Waals surface area (Å²) in [5, 5.41) is -0.111. The number of fused-ring (bicyclic) bond motifs is 4. The molecule has 1 aromatic carbocycles. The molecule has 0 N–H and O–H groups in total. The summed E-state index contributed by atoms with van der Waals surface area (Å²) in [4.78, 5) is 12.0. The van der Waals surface area contributed by atoms with Gasteiger partial charge in [-0.3, -0.25) is 4.79 Å². The summed E-state index contributed by atoms with van der Waals surface area (Å²) in [5.74, 6) is -0.499.